The van der Waals surface area contributed by atoms with Gasteiger partial charge in [0, 0.05) is 40.5 Å². The number of hydrogen-bond donors (Lipinski definition) is 2. The van der Waals surface area contributed by atoms with E-state index in [-0.39, 0.29) is 17.1 Å². The maximum absolute atomic E-state index is 13.2. The van der Waals surface area contributed by atoms with E-state index in [0.717, 1.165) is 28.3 Å². The van der Waals surface area contributed by atoms with Crippen molar-refractivity contribution in [3.63, 3.8) is 0 Å². The van der Waals surface area contributed by atoms with Gasteiger partial charge in [-0.25, -0.2) is 14.1 Å². The minimum Gasteiger partial charge on any atom is -0.332 e. The molecule has 0 aliphatic rings. The number of halogens is 1. The Kier molecular flexibility index (Phi) is 5.65. The molecule has 2 aromatic carbocycles. The van der Waals surface area contributed by atoms with Crippen LogP contribution >= 0.6 is 11.3 Å². The lowest BCUT2D eigenvalue weighted by atomic mass is 10.1. The molecule has 0 atom stereocenters. The van der Waals surface area contributed by atoms with Gasteiger partial charge in [0.05, 0.1) is 11.1 Å². The third kappa shape index (κ3) is 4.19. The van der Waals surface area contributed by atoms with Crippen molar-refractivity contribution in [1.29, 1.82) is 0 Å². The summed E-state index contributed by atoms with van der Waals surface area (Å²) in [6.45, 7) is 3.77. The van der Waals surface area contributed by atoms with Crippen LogP contribution in [0, 0.1) is 19.7 Å². The van der Waals surface area contributed by atoms with Crippen LogP contribution in [0.1, 0.15) is 21.9 Å². The number of benzene rings is 2. The van der Waals surface area contributed by atoms with E-state index in [1.54, 1.807) is 41.1 Å². The lowest BCUT2D eigenvalue weighted by molar-refractivity contribution is 0.100. The van der Waals surface area contributed by atoms with E-state index in [0.29, 0.717) is 15.9 Å². The zero-order chi connectivity index (χ0) is 24.7. The summed E-state index contributed by atoms with van der Waals surface area (Å²) in [5.74, 6) is -0.729. The van der Waals surface area contributed by atoms with Crippen LogP contribution in [0.25, 0.3) is 22.0 Å². The topological polar surface area (TPSA) is 93.8 Å². The molecule has 0 aliphatic heterocycles. The van der Waals surface area contributed by atoms with E-state index in [1.165, 1.54) is 35.2 Å². The van der Waals surface area contributed by atoms with Crippen LogP contribution in [0.5, 0.6) is 0 Å². The molecule has 3 heterocycles. The molecule has 176 valence electrons. The summed E-state index contributed by atoms with van der Waals surface area (Å²) in [4.78, 5) is 30.3. The van der Waals surface area contributed by atoms with Crippen molar-refractivity contribution in [3.8, 4) is 11.3 Å². The fourth-order valence-corrected chi connectivity index (χ4v) is 4.66. The Bertz CT molecular complexity index is 1630. The normalized spacial score (nSPS) is 11.1. The van der Waals surface area contributed by atoms with Gasteiger partial charge in [-0.3, -0.25) is 19.7 Å². The molecule has 0 unspecified atom stereocenters. The fourth-order valence-electron chi connectivity index (χ4n) is 3.93. The second-order valence-corrected chi connectivity index (χ2v) is 8.91. The maximum Gasteiger partial charge on any atom is 0.291 e. The standard InChI is InChI=1S/C25H21FN6O2S/c1-14-12-20(21-13-35-25(28-21)27-17-10-8-16(26)9-11-17)15(2)32(14)30-23(33)22-18-6-4-5-7-19(18)24(34)31(3)29-22/h4-13H,1-3H3,(H,27,28)(H,30,33). The van der Waals surface area contributed by atoms with E-state index >= 15 is 0 Å². The number of aryl methyl sites for hydroxylation is 2. The highest BCUT2D eigenvalue weighted by molar-refractivity contribution is 7.14. The van der Waals surface area contributed by atoms with Crippen LogP contribution in [-0.4, -0.2) is 25.3 Å². The molecule has 0 radical (unpaired) electrons. The number of thiazole rings is 1. The SMILES string of the molecule is Cc1cc(-c2csc(Nc3ccc(F)cc3)n2)c(C)n1NC(=O)c1nn(C)c(=O)c2ccccc12. The number of hydrogen-bond acceptors (Lipinski definition) is 6. The van der Waals surface area contributed by atoms with Crippen molar-refractivity contribution in [2.75, 3.05) is 10.7 Å². The number of nitrogens with one attached hydrogen (secondary N) is 2. The molecule has 8 nitrogen and oxygen atoms in total. The van der Waals surface area contributed by atoms with Gasteiger partial charge < -0.3 is 5.32 Å². The molecule has 0 saturated carbocycles. The lowest BCUT2D eigenvalue weighted by Gasteiger charge is -2.13. The second kappa shape index (κ2) is 8.80. The summed E-state index contributed by atoms with van der Waals surface area (Å²) in [7, 11) is 1.52. The number of aromatic nitrogens is 4. The second-order valence-electron chi connectivity index (χ2n) is 8.05. The molecule has 3 aromatic heterocycles. The Morgan fingerprint density at radius 2 is 1.77 bits per heavy atom. The van der Waals surface area contributed by atoms with Crippen molar-refractivity contribution in [1.82, 2.24) is 19.4 Å². The molecule has 0 bridgehead atoms. The molecule has 5 rings (SSSR count). The summed E-state index contributed by atoms with van der Waals surface area (Å²) < 4.78 is 16.0. The molecular weight excluding hydrogens is 467 g/mol. The Hall–Kier alpha value is -4.31. The van der Waals surface area contributed by atoms with Crippen LogP contribution in [-0.2, 0) is 7.05 Å². The highest BCUT2D eigenvalue weighted by Crippen LogP contribution is 2.31. The quantitative estimate of drug-likeness (QED) is 0.373. The highest BCUT2D eigenvalue weighted by Gasteiger charge is 2.19. The van der Waals surface area contributed by atoms with E-state index in [1.807, 2.05) is 25.3 Å². The Balaban J connectivity index is 1.43. The van der Waals surface area contributed by atoms with Crippen molar-refractivity contribution >= 4 is 38.8 Å². The summed E-state index contributed by atoms with van der Waals surface area (Å²) in [6.07, 6.45) is 0. The first-order valence-corrected chi connectivity index (χ1v) is 11.6. The van der Waals surface area contributed by atoms with Crippen molar-refractivity contribution in [2.45, 2.75) is 13.8 Å². The van der Waals surface area contributed by atoms with E-state index in [9.17, 15) is 14.0 Å². The van der Waals surface area contributed by atoms with E-state index in [4.69, 9.17) is 0 Å². The molecule has 0 fully saturated rings. The summed E-state index contributed by atoms with van der Waals surface area (Å²) >= 11 is 1.43. The summed E-state index contributed by atoms with van der Waals surface area (Å²) in [6, 6.07) is 14.9. The van der Waals surface area contributed by atoms with Gasteiger partial charge in [-0.2, -0.15) is 5.10 Å². The first-order valence-electron chi connectivity index (χ1n) is 10.8. The Morgan fingerprint density at radius 3 is 2.51 bits per heavy atom. The molecule has 35 heavy (non-hydrogen) atoms. The van der Waals surface area contributed by atoms with Crippen molar-refractivity contribution in [2.24, 2.45) is 7.05 Å². The minimum atomic E-state index is -0.429. The first-order chi connectivity index (χ1) is 16.8. The zero-order valence-corrected chi connectivity index (χ0v) is 20.0. The van der Waals surface area contributed by atoms with Crippen LogP contribution in [0.2, 0.25) is 0 Å². The third-order valence-corrected chi connectivity index (χ3v) is 6.45. The monoisotopic (exact) mass is 488 g/mol. The lowest BCUT2D eigenvalue weighted by Crippen LogP contribution is -2.29. The van der Waals surface area contributed by atoms with Gasteiger partial charge in [0.15, 0.2) is 10.8 Å². The van der Waals surface area contributed by atoms with Gasteiger partial charge in [-0.1, -0.05) is 18.2 Å². The van der Waals surface area contributed by atoms with Crippen LogP contribution in [0.4, 0.5) is 15.2 Å². The molecular formula is C25H21FN6O2S. The predicted molar refractivity (Wildman–Crippen MR) is 135 cm³/mol. The van der Waals surface area contributed by atoms with Gasteiger partial charge >= 0.3 is 0 Å². The number of carbonyl (C=O) groups excluding carboxylic acids is 1. The highest BCUT2D eigenvalue weighted by atomic mass is 32.1. The van der Waals surface area contributed by atoms with Gasteiger partial charge in [0.25, 0.3) is 11.5 Å². The van der Waals surface area contributed by atoms with Crippen LogP contribution in [0.3, 0.4) is 0 Å². The smallest absolute Gasteiger partial charge is 0.291 e. The number of carbonyl (C=O) groups is 1. The van der Waals surface area contributed by atoms with Crippen molar-refractivity contribution in [3.05, 3.63) is 93.2 Å². The van der Waals surface area contributed by atoms with Crippen LogP contribution in [0.15, 0.2) is 64.8 Å². The van der Waals surface area contributed by atoms with Crippen LogP contribution < -0.4 is 16.3 Å². The van der Waals surface area contributed by atoms with E-state index in [2.05, 4.69) is 20.8 Å². The van der Waals surface area contributed by atoms with Gasteiger partial charge in [-0.05, 0) is 50.2 Å². The molecule has 10 heteroatoms. The summed E-state index contributed by atoms with van der Waals surface area (Å²) in [5.41, 5.74) is 6.75. The minimum absolute atomic E-state index is 0.163. The first kappa shape index (κ1) is 22.5. The van der Waals surface area contributed by atoms with E-state index < -0.39 is 5.91 Å². The largest absolute Gasteiger partial charge is 0.332 e. The maximum atomic E-state index is 13.2. The zero-order valence-electron chi connectivity index (χ0n) is 19.2. The van der Waals surface area contributed by atoms with Gasteiger partial charge in [0.2, 0.25) is 0 Å². The fraction of sp³-hybridized carbons (Fsp3) is 0.120. The number of fused-ring (bicyclic) bond motifs is 1. The third-order valence-electron chi connectivity index (χ3n) is 5.69. The van der Waals surface area contributed by atoms with Gasteiger partial charge in [0.1, 0.15) is 5.82 Å². The Morgan fingerprint density at radius 1 is 1.06 bits per heavy atom. The average Bonchev–Trinajstić information content (AvgIpc) is 3.42. The average molecular weight is 489 g/mol. The molecule has 1 amide bonds. The molecule has 0 spiro atoms. The Labute approximate surface area is 203 Å². The van der Waals surface area contributed by atoms with Crippen molar-refractivity contribution < 1.29 is 9.18 Å². The molecule has 5 aromatic rings. The molecule has 2 N–H and O–H groups in total. The predicted octanol–water partition coefficient (Wildman–Crippen LogP) is 4.74. The number of nitrogens with zero attached hydrogens (tertiary/aromatic N) is 4. The number of rotatable bonds is 5. The number of amides is 1. The molecule has 0 aliphatic carbocycles. The molecule has 0 saturated heterocycles. The summed E-state index contributed by atoms with van der Waals surface area (Å²) in [5, 5.41) is 10.9. The van der Waals surface area contributed by atoms with Gasteiger partial charge in [-0.15, -0.1) is 11.3 Å². The number of anilines is 2.